The van der Waals surface area contributed by atoms with Crippen LogP contribution < -0.4 is 0 Å². The van der Waals surface area contributed by atoms with Crippen LogP contribution in [0, 0.1) is 5.92 Å². The summed E-state index contributed by atoms with van der Waals surface area (Å²) >= 11 is 0. The largest absolute Gasteiger partial charge is 0.294 e. The average molecular weight is 257 g/mol. The molecule has 2 rings (SSSR count). The lowest BCUT2D eigenvalue weighted by molar-refractivity contribution is -0.117. The van der Waals surface area contributed by atoms with Crippen LogP contribution in [-0.4, -0.2) is 10.8 Å². The van der Waals surface area contributed by atoms with E-state index in [0.29, 0.717) is 0 Å². The van der Waals surface area contributed by atoms with Crippen molar-refractivity contribution in [1.29, 1.82) is 0 Å². The van der Waals surface area contributed by atoms with Gasteiger partial charge in [-0.2, -0.15) is 0 Å². The number of carbonyl (C=O) groups excluding carboxylic acids is 1. The molecule has 1 aliphatic carbocycles. The third-order valence-corrected chi connectivity index (χ3v) is 3.32. The fourth-order valence-electron chi connectivity index (χ4n) is 2.42. The molecule has 1 fully saturated rings. The van der Waals surface area contributed by atoms with Crippen molar-refractivity contribution in [3.8, 4) is 0 Å². The predicted octanol–water partition coefficient (Wildman–Crippen LogP) is 4.13. The SMILES string of the molecule is C/C=C1/CC(Cc2ccncc2)C(=O)/C1=C/C.CC. The molecule has 1 atom stereocenters. The van der Waals surface area contributed by atoms with Crippen LogP contribution in [-0.2, 0) is 11.2 Å². The minimum atomic E-state index is 0.106. The number of rotatable bonds is 2. The summed E-state index contributed by atoms with van der Waals surface area (Å²) in [6, 6.07) is 3.96. The van der Waals surface area contributed by atoms with E-state index < -0.39 is 0 Å². The second kappa shape index (κ2) is 7.67. The first-order chi connectivity index (χ1) is 9.26. The van der Waals surface area contributed by atoms with E-state index in [0.717, 1.165) is 18.4 Å². The Balaban J connectivity index is 0.000000861. The van der Waals surface area contributed by atoms with Crippen LogP contribution in [0.4, 0.5) is 0 Å². The number of carbonyl (C=O) groups is 1. The molecule has 2 heteroatoms. The van der Waals surface area contributed by atoms with Gasteiger partial charge in [-0.3, -0.25) is 9.78 Å². The molecule has 19 heavy (non-hydrogen) atoms. The van der Waals surface area contributed by atoms with E-state index in [9.17, 15) is 4.79 Å². The number of nitrogens with zero attached hydrogens (tertiary/aromatic N) is 1. The Morgan fingerprint density at radius 2 is 1.84 bits per heavy atom. The van der Waals surface area contributed by atoms with Crippen molar-refractivity contribution in [2.45, 2.75) is 40.5 Å². The van der Waals surface area contributed by atoms with Gasteiger partial charge >= 0.3 is 0 Å². The lowest BCUT2D eigenvalue weighted by Gasteiger charge is -2.06. The van der Waals surface area contributed by atoms with Crippen molar-refractivity contribution < 1.29 is 4.79 Å². The number of Topliss-reactive ketones (excluding diaryl/α,β-unsaturated/α-hetero) is 1. The zero-order valence-corrected chi connectivity index (χ0v) is 12.3. The number of hydrogen-bond donors (Lipinski definition) is 0. The summed E-state index contributed by atoms with van der Waals surface area (Å²) in [7, 11) is 0. The van der Waals surface area contributed by atoms with E-state index in [-0.39, 0.29) is 11.7 Å². The van der Waals surface area contributed by atoms with E-state index in [4.69, 9.17) is 0 Å². The third kappa shape index (κ3) is 3.63. The molecule has 0 radical (unpaired) electrons. The Hall–Kier alpha value is -1.70. The van der Waals surface area contributed by atoms with Crippen LogP contribution in [0.25, 0.3) is 0 Å². The summed E-state index contributed by atoms with van der Waals surface area (Å²) in [4.78, 5) is 16.2. The van der Waals surface area contributed by atoms with Gasteiger partial charge in [0.1, 0.15) is 0 Å². The van der Waals surface area contributed by atoms with E-state index in [1.807, 2.05) is 45.9 Å². The van der Waals surface area contributed by atoms with Crippen LogP contribution in [0.3, 0.4) is 0 Å². The lowest BCUT2D eigenvalue weighted by Crippen LogP contribution is -2.10. The molecule has 2 nitrogen and oxygen atoms in total. The molecule has 1 aromatic rings. The van der Waals surface area contributed by atoms with Crippen LogP contribution in [0.5, 0.6) is 0 Å². The highest BCUT2D eigenvalue weighted by atomic mass is 16.1. The molecule has 0 bridgehead atoms. The Morgan fingerprint density at radius 1 is 1.21 bits per heavy atom. The molecule has 0 N–H and O–H groups in total. The Labute approximate surface area is 116 Å². The number of allylic oxidation sites excluding steroid dienone is 4. The third-order valence-electron chi connectivity index (χ3n) is 3.32. The van der Waals surface area contributed by atoms with Crippen molar-refractivity contribution in [3.63, 3.8) is 0 Å². The van der Waals surface area contributed by atoms with Crippen molar-refractivity contribution in [2.24, 2.45) is 5.92 Å². The Morgan fingerprint density at radius 3 is 2.32 bits per heavy atom. The zero-order valence-electron chi connectivity index (χ0n) is 12.3. The molecule has 1 aromatic heterocycles. The van der Waals surface area contributed by atoms with Gasteiger partial charge in [0.05, 0.1) is 0 Å². The summed E-state index contributed by atoms with van der Waals surface area (Å²) in [6.45, 7) is 7.94. The van der Waals surface area contributed by atoms with E-state index in [2.05, 4.69) is 11.1 Å². The lowest BCUT2D eigenvalue weighted by atomic mass is 9.97. The molecule has 0 amide bonds. The first-order valence-corrected chi connectivity index (χ1v) is 7.01. The molecule has 0 aromatic carbocycles. The molecule has 0 aliphatic heterocycles. The Bertz CT molecular complexity index is 471. The molecule has 102 valence electrons. The van der Waals surface area contributed by atoms with Crippen molar-refractivity contribution in [1.82, 2.24) is 4.98 Å². The van der Waals surface area contributed by atoms with Crippen molar-refractivity contribution in [2.75, 3.05) is 0 Å². The van der Waals surface area contributed by atoms with Crippen LogP contribution in [0.2, 0.25) is 0 Å². The fourth-order valence-corrected chi connectivity index (χ4v) is 2.42. The maximum atomic E-state index is 12.2. The van der Waals surface area contributed by atoms with Gasteiger partial charge in [0, 0.05) is 23.9 Å². The first-order valence-electron chi connectivity index (χ1n) is 7.01. The first kappa shape index (κ1) is 15.4. The molecule has 0 spiro atoms. The smallest absolute Gasteiger partial charge is 0.166 e. The topological polar surface area (TPSA) is 30.0 Å². The predicted molar refractivity (Wildman–Crippen MR) is 79.9 cm³/mol. The zero-order chi connectivity index (χ0) is 14.3. The van der Waals surface area contributed by atoms with E-state index in [1.54, 1.807) is 12.4 Å². The summed E-state index contributed by atoms with van der Waals surface area (Å²) < 4.78 is 0. The van der Waals surface area contributed by atoms with Crippen LogP contribution in [0.15, 0.2) is 47.8 Å². The second-order valence-corrected chi connectivity index (χ2v) is 4.34. The molecule has 1 unspecified atom stereocenters. The molecule has 1 saturated carbocycles. The van der Waals surface area contributed by atoms with Crippen molar-refractivity contribution in [3.05, 3.63) is 53.4 Å². The van der Waals surface area contributed by atoms with Gasteiger partial charge in [-0.25, -0.2) is 0 Å². The highest BCUT2D eigenvalue weighted by Gasteiger charge is 2.31. The summed E-state index contributed by atoms with van der Waals surface area (Å²) in [5.41, 5.74) is 3.29. The Kier molecular flexibility index (Phi) is 6.20. The minimum absolute atomic E-state index is 0.106. The molecule has 1 heterocycles. The standard InChI is InChI=1S/C15H17NO.C2H6/c1-3-12-10-13(15(17)14(12)4-2)9-11-5-7-16-8-6-11;1-2/h3-8,13H,9-10H2,1-2H3;1-2H3/b12-3-,14-4+;. The quantitative estimate of drug-likeness (QED) is 0.746. The number of aromatic nitrogens is 1. The molecule has 1 aliphatic rings. The van der Waals surface area contributed by atoms with Gasteiger partial charge in [-0.1, -0.05) is 26.0 Å². The van der Waals surface area contributed by atoms with E-state index >= 15 is 0 Å². The van der Waals surface area contributed by atoms with Gasteiger partial charge in [-0.05, 0) is 50.0 Å². The van der Waals surface area contributed by atoms with Crippen LogP contribution in [0.1, 0.15) is 39.7 Å². The molecular weight excluding hydrogens is 234 g/mol. The van der Waals surface area contributed by atoms with Gasteiger partial charge < -0.3 is 0 Å². The number of pyridine rings is 1. The molecular formula is C17H23NO. The van der Waals surface area contributed by atoms with Gasteiger partial charge in [0.25, 0.3) is 0 Å². The minimum Gasteiger partial charge on any atom is -0.294 e. The fraction of sp³-hybridized carbons (Fsp3) is 0.412. The maximum absolute atomic E-state index is 12.2. The number of ketones is 1. The van der Waals surface area contributed by atoms with Gasteiger partial charge in [0.15, 0.2) is 5.78 Å². The average Bonchev–Trinajstić information content (AvgIpc) is 2.78. The molecule has 0 saturated heterocycles. The summed E-state index contributed by atoms with van der Waals surface area (Å²) in [5.74, 6) is 0.396. The van der Waals surface area contributed by atoms with Gasteiger partial charge in [-0.15, -0.1) is 0 Å². The van der Waals surface area contributed by atoms with Crippen LogP contribution >= 0.6 is 0 Å². The monoisotopic (exact) mass is 257 g/mol. The highest BCUT2D eigenvalue weighted by Crippen LogP contribution is 2.34. The highest BCUT2D eigenvalue weighted by molar-refractivity contribution is 6.04. The van der Waals surface area contributed by atoms with Gasteiger partial charge in [0.2, 0.25) is 0 Å². The normalized spacial score (nSPS) is 22.5. The maximum Gasteiger partial charge on any atom is 0.166 e. The van der Waals surface area contributed by atoms with E-state index in [1.165, 1.54) is 11.1 Å². The number of hydrogen-bond acceptors (Lipinski definition) is 2. The second-order valence-electron chi connectivity index (χ2n) is 4.34. The summed E-state index contributed by atoms with van der Waals surface area (Å²) in [6.07, 6.45) is 9.24. The summed E-state index contributed by atoms with van der Waals surface area (Å²) in [5, 5.41) is 0. The van der Waals surface area contributed by atoms with Crippen molar-refractivity contribution >= 4 is 5.78 Å².